The molecule has 1 aromatic rings. The summed E-state index contributed by atoms with van der Waals surface area (Å²) in [5.41, 5.74) is 1.69. The third-order valence-electron chi connectivity index (χ3n) is 4.81. The number of nitrogens with zero attached hydrogens (tertiary/aromatic N) is 1. The second-order valence-electron chi connectivity index (χ2n) is 6.55. The van der Waals surface area contributed by atoms with Crippen LogP contribution in [0, 0.1) is 5.92 Å². The van der Waals surface area contributed by atoms with Crippen LogP contribution in [-0.2, 0) is 21.1 Å². The third kappa shape index (κ3) is 3.54. The monoisotopic (exact) mass is 371 g/mol. The van der Waals surface area contributed by atoms with Gasteiger partial charge in [0.2, 0.25) is 5.91 Å². The number of halogens is 1. The third-order valence-corrected chi connectivity index (χ3v) is 7.05. The summed E-state index contributed by atoms with van der Waals surface area (Å²) in [5.74, 6) is 0.865. The number of carbonyl (C=O) groups excluding carboxylic acids is 1. The number of anilines is 1. The molecule has 2 aliphatic rings. The molecule has 132 valence electrons. The van der Waals surface area contributed by atoms with Crippen LogP contribution in [0.15, 0.2) is 12.1 Å². The Morgan fingerprint density at radius 1 is 1.38 bits per heavy atom. The SMILES string of the molecule is COc1ccc(Cl)c2c1N(C(=O)CC1CCCS(=O)(=O)C1)CCC2. The Bertz CT molecular complexity index is 747. The van der Waals surface area contributed by atoms with Gasteiger partial charge in [0.25, 0.3) is 0 Å². The van der Waals surface area contributed by atoms with E-state index in [1.165, 1.54) is 0 Å². The first-order valence-corrected chi connectivity index (χ1v) is 10.5. The van der Waals surface area contributed by atoms with E-state index in [0.717, 1.165) is 30.5 Å². The molecule has 0 saturated carbocycles. The normalized spacial score (nSPS) is 22.8. The van der Waals surface area contributed by atoms with Crippen molar-refractivity contribution in [1.82, 2.24) is 0 Å². The first-order valence-electron chi connectivity index (χ1n) is 8.27. The van der Waals surface area contributed by atoms with Gasteiger partial charge >= 0.3 is 0 Å². The molecule has 0 aliphatic carbocycles. The van der Waals surface area contributed by atoms with E-state index in [-0.39, 0.29) is 29.8 Å². The molecule has 1 aromatic carbocycles. The van der Waals surface area contributed by atoms with Gasteiger partial charge in [0.05, 0.1) is 24.3 Å². The Hall–Kier alpha value is -1.27. The molecule has 3 rings (SSSR count). The minimum atomic E-state index is -3.00. The lowest BCUT2D eigenvalue weighted by molar-refractivity contribution is -0.119. The molecule has 1 fully saturated rings. The molecule has 1 unspecified atom stereocenters. The predicted molar refractivity (Wildman–Crippen MR) is 94.7 cm³/mol. The fraction of sp³-hybridized carbons (Fsp3) is 0.588. The first kappa shape index (κ1) is 17.5. The zero-order valence-electron chi connectivity index (χ0n) is 13.8. The molecular weight excluding hydrogens is 350 g/mol. The van der Waals surface area contributed by atoms with Crippen molar-refractivity contribution in [3.63, 3.8) is 0 Å². The highest BCUT2D eigenvalue weighted by Gasteiger charge is 2.31. The van der Waals surface area contributed by atoms with Gasteiger partial charge in [-0.05, 0) is 49.3 Å². The van der Waals surface area contributed by atoms with E-state index in [1.54, 1.807) is 24.1 Å². The Morgan fingerprint density at radius 3 is 2.88 bits per heavy atom. The highest BCUT2D eigenvalue weighted by atomic mass is 35.5. The maximum Gasteiger partial charge on any atom is 0.227 e. The summed E-state index contributed by atoms with van der Waals surface area (Å²) in [6.07, 6.45) is 3.35. The molecule has 0 N–H and O–H groups in total. The topological polar surface area (TPSA) is 63.7 Å². The number of hydrogen-bond acceptors (Lipinski definition) is 4. The van der Waals surface area contributed by atoms with Crippen LogP contribution in [0.1, 0.15) is 31.2 Å². The molecule has 0 bridgehead atoms. The number of amides is 1. The van der Waals surface area contributed by atoms with Crippen molar-refractivity contribution in [2.24, 2.45) is 5.92 Å². The van der Waals surface area contributed by atoms with Crippen molar-refractivity contribution in [2.45, 2.75) is 32.1 Å². The van der Waals surface area contributed by atoms with E-state index >= 15 is 0 Å². The second-order valence-corrected chi connectivity index (χ2v) is 9.19. The van der Waals surface area contributed by atoms with Crippen molar-refractivity contribution in [3.05, 3.63) is 22.7 Å². The Labute approximate surface area is 147 Å². The van der Waals surface area contributed by atoms with E-state index in [4.69, 9.17) is 16.3 Å². The summed E-state index contributed by atoms with van der Waals surface area (Å²) in [5, 5.41) is 0.642. The molecule has 0 spiro atoms. The van der Waals surface area contributed by atoms with Crippen LogP contribution in [-0.4, -0.2) is 39.5 Å². The van der Waals surface area contributed by atoms with E-state index < -0.39 is 9.84 Å². The van der Waals surface area contributed by atoms with Gasteiger partial charge in [-0.15, -0.1) is 0 Å². The van der Waals surface area contributed by atoms with Gasteiger partial charge in [-0.2, -0.15) is 0 Å². The van der Waals surface area contributed by atoms with E-state index in [2.05, 4.69) is 0 Å². The van der Waals surface area contributed by atoms with Gasteiger partial charge in [0.15, 0.2) is 9.84 Å². The number of fused-ring (bicyclic) bond motifs is 1. The molecule has 1 amide bonds. The van der Waals surface area contributed by atoms with Crippen molar-refractivity contribution in [1.29, 1.82) is 0 Å². The van der Waals surface area contributed by atoms with Gasteiger partial charge in [-0.25, -0.2) is 8.42 Å². The van der Waals surface area contributed by atoms with E-state index in [0.29, 0.717) is 23.7 Å². The molecular formula is C17H22ClNO4S. The van der Waals surface area contributed by atoms with Gasteiger partial charge in [0.1, 0.15) is 5.75 Å². The number of rotatable bonds is 3. The summed E-state index contributed by atoms with van der Waals surface area (Å²) in [6, 6.07) is 3.57. The molecule has 24 heavy (non-hydrogen) atoms. The fourth-order valence-electron chi connectivity index (χ4n) is 3.70. The van der Waals surface area contributed by atoms with Gasteiger partial charge in [-0.1, -0.05) is 11.6 Å². The van der Waals surface area contributed by atoms with Gasteiger partial charge < -0.3 is 9.64 Å². The summed E-state index contributed by atoms with van der Waals surface area (Å²) in [7, 11) is -1.43. The number of hydrogen-bond donors (Lipinski definition) is 0. The maximum absolute atomic E-state index is 12.9. The van der Waals surface area contributed by atoms with Crippen molar-refractivity contribution >= 4 is 33.0 Å². The average Bonchev–Trinajstić information content (AvgIpc) is 2.54. The number of methoxy groups -OCH3 is 1. The molecule has 1 saturated heterocycles. The number of benzene rings is 1. The second kappa shape index (κ2) is 6.92. The quantitative estimate of drug-likeness (QED) is 0.819. The molecule has 1 atom stereocenters. The standard InChI is InChI=1S/C17H22ClNO4S/c1-23-15-7-6-14(18)13-5-2-8-19(17(13)15)16(20)10-12-4-3-9-24(21,22)11-12/h6-7,12H,2-5,8-11H2,1H3. The summed E-state index contributed by atoms with van der Waals surface area (Å²) < 4.78 is 29.0. The van der Waals surface area contributed by atoms with Crippen molar-refractivity contribution < 1.29 is 17.9 Å². The fourth-order valence-corrected chi connectivity index (χ4v) is 5.72. The number of ether oxygens (including phenoxy) is 1. The highest BCUT2D eigenvalue weighted by Crippen LogP contribution is 2.41. The van der Waals surface area contributed by atoms with E-state index in [9.17, 15) is 13.2 Å². The van der Waals surface area contributed by atoms with Crippen molar-refractivity contribution in [3.8, 4) is 5.75 Å². The lowest BCUT2D eigenvalue weighted by Crippen LogP contribution is -2.38. The molecule has 5 nitrogen and oxygen atoms in total. The van der Waals surface area contributed by atoms with Crippen LogP contribution in [0.2, 0.25) is 5.02 Å². The first-order chi connectivity index (χ1) is 11.4. The Morgan fingerprint density at radius 2 is 2.17 bits per heavy atom. The lowest BCUT2D eigenvalue weighted by Gasteiger charge is -2.33. The number of sulfone groups is 1. The van der Waals surface area contributed by atoms with Crippen LogP contribution in [0.5, 0.6) is 5.75 Å². The molecule has 7 heteroatoms. The summed E-state index contributed by atoms with van der Waals surface area (Å²) >= 11 is 6.30. The van der Waals surface area contributed by atoms with Crippen LogP contribution in [0.4, 0.5) is 5.69 Å². The van der Waals surface area contributed by atoms with Gasteiger partial charge in [0, 0.05) is 18.0 Å². The number of carbonyl (C=O) groups is 1. The zero-order chi connectivity index (χ0) is 17.3. The Kier molecular flexibility index (Phi) is 5.06. The van der Waals surface area contributed by atoms with Crippen LogP contribution < -0.4 is 9.64 Å². The smallest absolute Gasteiger partial charge is 0.227 e. The summed E-state index contributed by atoms with van der Waals surface area (Å²) in [6.45, 7) is 0.613. The molecule has 0 aromatic heterocycles. The summed E-state index contributed by atoms with van der Waals surface area (Å²) in [4.78, 5) is 14.6. The maximum atomic E-state index is 12.9. The molecule has 2 heterocycles. The highest BCUT2D eigenvalue weighted by molar-refractivity contribution is 7.91. The largest absolute Gasteiger partial charge is 0.495 e. The lowest BCUT2D eigenvalue weighted by atomic mass is 9.97. The molecule has 0 radical (unpaired) electrons. The van der Waals surface area contributed by atoms with Crippen LogP contribution in [0.3, 0.4) is 0 Å². The Balaban J connectivity index is 1.84. The zero-order valence-corrected chi connectivity index (χ0v) is 15.3. The van der Waals surface area contributed by atoms with Gasteiger partial charge in [-0.3, -0.25) is 4.79 Å². The minimum Gasteiger partial charge on any atom is -0.495 e. The molecule has 2 aliphatic heterocycles. The van der Waals surface area contributed by atoms with E-state index in [1.807, 2.05) is 0 Å². The van der Waals surface area contributed by atoms with Crippen LogP contribution in [0.25, 0.3) is 0 Å². The minimum absolute atomic E-state index is 0.0429. The van der Waals surface area contributed by atoms with Crippen LogP contribution >= 0.6 is 11.6 Å². The predicted octanol–water partition coefficient (Wildman–Crippen LogP) is 2.84. The average molecular weight is 372 g/mol. The van der Waals surface area contributed by atoms with Crippen molar-refractivity contribution in [2.75, 3.05) is 30.1 Å².